The highest BCUT2D eigenvalue weighted by Crippen LogP contribution is 2.31. The number of hydrogen-bond acceptors (Lipinski definition) is 2. The maximum atomic E-state index is 6.15. The minimum atomic E-state index is 0.163. The van der Waals surface area contributed by atoms with Crippen LogP contribution in [0.15, 0.2) is 6.07 Å². The molecule has 1 aromatic heterocycles. The van der Waals surface area contributed by atoms with Crippen molar-refractivity contribution >= 4 is 11.6 Å². The van der Waals surface area contributed by atoms with Crippen LogP contribution in [0.3, 0.4) is 0 Å². The van der Waals surface area contributed by atoms with Gasteiger partial charge in [-0.15, -0.1) is 11.6 Å². The number of nitrogens with zero attached hydrogens (tertiary/aromatic N) is 2. The van der Waals surface area contributed by atoms with Gasteiger partial charge in [0.25, 0.3) is 0 Å². The van der Waals surface area contributed by atoms with E-state index in [1.165, 1.54) is 37.1 Å². The molecule has 18 heavy (non-hydrogen) atoms. The van der Waals surface area contributed by atoms with Crippen molar-refractivity contribution in [1.29, 1.82) is 0 Å². The van der Waals surface area contributed by atoms with Crippen molar-refractivity contribution in [3.63, 3.8) is 0 Å². The average molecular weight is 270 g/mol. The lowest BCUT2D eigenvalue weighted by molar-refractivity contribution is 0.361. The predicted molar refractivity (Wildman–Crippen MR) is 76.0 cm³/mol. The summed E-state index contributed by atoms with van der Waals surface area (Å²) in [6.45, 7) is 6.11. The Morgan fingerprint density at radius 1 is 1.39 bits per heavy atom. The first-order valence-electron chi connectivity index (χ1n) is 7.09. The molecule has 0 atom stereocenters. The van der Waals surface area contributed by atoms with E-state index in [1.807, 2.05) is 0 Å². The number of halogens is 1. The van der Waals surface area contributed by atoms with E-state index < -0.39 is 0 Å². The Kier molecular flexibility index (Phi) is 4.68. The van der Waals surface area contributed by atoms with Crippen LogP contribution in [0, 0.1) is 0 Å². The minimum absolute atomic E-state index is 0.163. The zero-order valence-corrected chi connectivity index (χ0v) is 12.3. The lowest BCUT2D eigenvalue weighted by Gasteiger charge is -2.28. The first kappa shape index (κ1) is 13.9. The molecule has 0 saturated heterocycles. The number of aryl methyl sites for hydroxylation is 2. The van der Waals surface area contributed by atoms with Crippen LogP contribution in [-0.4, -0.2) is 21.2 Å². The summed E-state index contributed by atoms with van der Waals surface area (Å²) in [6, 6.07) is 2.22. The molecule has 0 unspecified atom stereocenters. The maximum Gasteiger partial charge on any atom is 0.0625 e. The fourth-order valence-corrected chi connectivity index (χ4v) is 3.15. The smallest absolute Gasteiger partial charge is 0.0625 e. The molecule has 1 fully saturated rings. The summed E-state index contributed by atoms with van der Waals surface area (Å²) < 4.78 is 2.10. The molecule has 1 aliphatic rings. The summed E-state index contributed by atoms with van der Waals surface area (Å²) >= 11 is 6.15. The van der Waals surface area contributed by atoms with Gasteiger partial charge in [0.15, 0.2) is 0 Å². The largest absolute Gasteiger partial charge is 0.304 e. The normalized spacial score (nSPS) is 18.4. The quantitative estimate of drug-likeness (QED) is 0.805. The monoisotopic (exact) mass is 269 g/mol. The van der Waals surface area contributed by atoms with Gasteiger partial charge in [-0.1, -0.05) is 19.8 Å². The fourth-order valence-electron chi connectivity index (χ4n) is 2.79. The molecule has 0 bridgehead atoms. The van der Waals surface area contributed by atoms with Crippen molar-refractivity contribution in [3.05, 3.63) is 17.5 Å². The van der Waals surface area contributed by atoms with Crippen molar-refractivity contribution < 1.29 is 0 Å². The second-order valence-electron chi connectivity index (χ2n) is 5.27. The summed E-state index contributed by atoms with van der Waals surface area (Å²) in [4.78, 5) is 0. The maximum absolute atomic E-state index is 6.15. The molecule has 1 aliphatic carbocycles. The van der Waals surface area contributed by atoms with E-state index in [1.54, 1.807) is 0 Å². The molecule has 3 nitrogen and oxygen atoms in total. The second-order valence-corrected chi connectivity index (χ2v) is 5.54. The summed E-state index contributed by atoms with van der Waals surface area (Å²) in [5, 5.41) is 8.27. The first-order valence-corrected chi connectivity index (χ1v) is 7.63. The molecular weight excluding hydrogens is 246 g/mol. The van der Waals surface area contributed by atoms with E-state index >= 15 is 0 Å². The van der Waals surface area contributed by atoms with Gasteiger partial charge < -0.3 is 5.32 Å². The van der Waals surface area contributed by atoms with Gasteiger partial charge in [0.1, 0.15) is 0 Å². The highest BCUT2D eigenvalue weighted by molar-refractivity contribution is 6.18. The van der Waals surface area contributed by atoms with Crippen LogP contribution in [0.5, 0.6) is 0 Å². The third-order valence-electron chi connectivity index (χ3n) is 4.04. The van der Waals surface area contributed by atoms with Gasteiger partial charge in [-0.25, -0.2) is 0 Å². The highest BCUT2D eigenvalue weighted by atomic mass is 35.5. The van der Waals surface area contributed by atoms with Crippen LogP contribution in [0.25, 0.3) is 0 Å². The first-order chi connectivity index (χ1) is 8.73. The van der Waals surface area contributed by atoms with Gasteiger partial charge in [0, 0.05) is 24.5 Å². The van der Waals surface area contributed by atoms with Gasteiger partial charge in [-0.05, 0) is 32.3 Å². The third kappa shape index (κ3) is 2.89. The molecule has 4 heteroatoms. The summed E-state index contributed by atoms with van der Waals surface area (Å²) in [5.74, 6) is 0.716. The third-order valence-corrected chi connectivity index (χ3v) is 4.55. The van der Waals surface area contributed by atoms with Gasteiger partial charge in [0.2, 0.25) is 0 Å². The van der Waals surface area contributed by atoms with Crippen LogP contribution in [0.1, 0.15) is 50.9 Å². The van der Waals surface area contributed by atoms with Crippen molar-refractivity contribution in [1.82, 2.24) is 15.1 Å². The molecule has 1 saturated carbocycles. The Labute approximate surface area is 115 Å². The number of nitrogens with one attached hydrogen (secondary N) is 1. The van der Waals surface area contributed by atoms with Crippen LogP contribution < -0.4 is 5.32 Å². The van der Waals surface area contributed by atoms with Gasteiger partial charge in [-0.3, -0.25) is 4.68 Å². The molecule has 102 valence electrons. The Balaban J connectivity index is 2.02. The number of rotatable bonds is 6. The molecule has 0 amide bonds. The van der Waals surface area contributed by atoms with Crippen LogP contribution in [0.2, 0.25) is 0 Å². The van der Waals surface area contributed by atoms with Crippen molar-refractivity contribution in [2.45, 2.75) is 64.6 Å². The number of aromatic nitrogens is 2. The van der Waals surface area contributed by atoms with Crippen LogP contribution in [0.4, 0.5) is 0 Å². The molecule has 1 N–H and O–H groups in total. The predicted octanol–water partition coefficient (Wildman–Crippen LogP) is 3.11. The number of alkyl halides is 1. The van der Waals surface area contributed by atoms with E-state index in [0.29, 0.717) is 5.88 Å². The van der Waals surface area contributed by atoms with Crippen molar-refractivity contribution in [2.75, 3.05) is 5.88 Å². The standard InChI is InChI=1S/C14H24ClN3/c1-3-12-9-13(18(4-2)17-12)10-16-14(11-15)7-5-6-8-14/h9,16H,3-8,10-11H2,1-2H3. The summed E-state index contributed by atoms with van der Waals surface area (Å²) in [6.07, 6.45) is 6.01. The van der Waals surface area contributed by atoms with Gasteiger partial charge >= 0.3 is 0 Å². The number of hydrogen-bond donors (Lipinski definition) is 1. The van der Waals surface area contributed by atoms with E-state index in [0.717, 1.165) is 19.5 Å². The molecule has 1 heterocycles. The van der Waals surface area contributed by atoms with E-state index in [-0.39, 0.29) is 5.54 Å². The molecule has 0 aromatic carbocycles. The SMILES string of the molecule is CCc1cc(CNC2(CCl)CCCC2)n(CC)n1. The second kappa shape index (κ2) is 6.07. The molecular formula is C14H24ClN3. The summed E-state index contributed by atoms with van der Waals surface area (Å²) in [5.41, 5.74) is 2.63. The minimum Gasteiger partial charge on any atom is -0.304 e. The van der Waals surface area contributed by atoms with Crippen molar-refractivity contribution in [3.8, 4) is 0 Å². The topological polar surface area (TPSA) is 29.9 Å². The van der Waals surface area contributed by atoms with Crippen molar-refractivity contribution in [2.24, 2.45) is 0 Å². The fraction of sp³-hybridized carbons (Fsp3) is 0.786. The Bertz CT molecular complexity index is 380. The van der Waals surface area contributed by atoms with Gasteiger partial charge in [0.05, 0.1) is 11.4 Å². The zero-order valence-electron chi connectivity index (χ0n) is 11.5. The molecule has 0 spiro atoms. The lowest BCUT2D eigenvalue weighted by atomic mass is 10.0. The van der Waals surface area contributed by atoms with Gasteiger partial charge in [-0.2, -0.15) is 5.10 Å². The molecule has 1 aromatic rings. The Morgan fingerprint density at radius 2 is 2.11 bits per heavy atom. The van der Waals surface area contributed by atoms with E-state index in [4.69, 9.17) is 11.6 Å². The Morgan fingerprint density at radius 3 is 2.67 bits per heavy atom. The summed E-state index contributed by atoms with van der Waals surface area (Å²) in [7, 11) is 0. The van der Waals surface area contributed by atoms with Crippen LogP contribution in [-0.2, 0) is 19.5 Å². The van der Waals surface area contributed by atoms with E-state index in [2.05, 4.69) is 35.0 Å². The molecule has 0 aliphatic heterocycles. The van der Waals surface area contributed by atoms with Crippen LogP contribution >= 0.6 is 11.6 Å². The van der Waals surface area contributed by atoms with E-state index in [9.17, 15) is 0 Å². The zero-order chi connectivity index (χ0) is 13.0. The average Bonchev–Trinajstić information content (AvgIpc) is 3.03. The molecule has 2 rings (SSSR count). The highest BCUT2D eigenvalue weighted by Gasteiger charge is 2.32. The molecule has 0 radical (unpaired) electrons. The Hall–Kier alpha value is -0.540. The lowest BCUT2D eigenvalue weighted by Crippen LogP contribution is -2.44.